The Morgan fingerprint density at radius 2 is 1.67 bits per heavy atom. The number of unbranched alkanes of at least 4 members (excludes halogenated alkanes) is 1. The molecule has 12 heavy (non-hydrogen) atoms. The molecule has 0 aliphatic heterocycles. The second-order valence-electron chi connectivity index (χ2n) is 3.07. The molecule has 0 unspecified atom stereocenters. The highest BCUT2D eigenvalue weighted by molar-refractivity contribution is 7.99. The molecule has 0 spiro atoms. The van der Waals surface area contributed by atoms with E-state index in [-0.39, 0.29) is 0 Å². The lowest BCUT2D eigenvalue weighted by atomic mass is 10.4. The molecule has 0 atom stereocenters. The van der Waals surface area contributed by atoms with E-state index >= 15 is 0 Å². The van der Waals surface area contributed by atoms with Gasteiger partial charge in [-0.05, 0) is 43.9 Å². The first kappa shape index (κ1) is 12.3. The molecule has 0 saturated carbocycles. The van der Waals surface area contributed by atoms with Crippen LogP contribution in [0.3, 0.4) is 0 Å². The Hall–Kier alpha value is 0.310. The predicted molar refractivity (Wildman–Crippen MR) is 60.0 cm³/mol. The van der Waals surface area contributed by atoms with Crippen LogP contribution < -0.4 is 5.32 Å². The highest BCUT2D eigenvalue weighted by Gasteiger charge is 1.88. The highest BCUT2D eigenvalue weighted by atomic mass is 32.2. The summed E-state index contributed by atoms with van der Waals surface area (Å²) in [5.74, 6) is 2.68. The molecule has 0 fully saturated rings. The van der Waals surface area contributed by atoms with E-state index in [0.717, 1.165) is 0 Å². The molecule has 0 aromatic carbocycles. The average molecular weight is 189 g/mol. The molecule has 0 amide bonds. The van der Waals surface area contributed by atoms with Crippen molar-refractivity contribution < 1.29 is 0 Å². The minimum Gasteiger partial charge on any atom is -0.317 e. The molecule has 0 heterocycles. The topological polar surface area (TPSA) is 12.0 Å². The Balaban J connectivity index is 2.73. The SMILES string of the molecule is CCCCSCCCNCCC. The molecule has 0 bridgehead atoms. The van der Waals surface area contributed by atoms with E-state index < -0.39 is 0 Å². The summed E-state index contributed by atoms with van der Waals surface area (Å²) in [4.78, 5) is 0. The molecule has 0 aliphatic rings. The van der Waals surface area contributed by atoms with Gasteiger partial charge in [0.15, 0.2) is 0 Å². The van der Waals surface area contributed by atoms with Gasteiger partial charge in [0.2, 0.25) is 0 Å². The van der Waals surface area contributed by atoms with E-state index in [4.69, 9.17) is 0 Å². The summed E-state index contributed by atoms with van der Waals surface area (Å²) >= 11 is 2.10. The fraction of sp³-hybridized carbons (Fsp3) is 1.00. The zero-order valence-electron chi connectivity index (χ0n) is 8.57. The average Bonchev–Trinajstić information content (AvgIpc) is 2.10. The summed E-state index contributed by atoms with van der Waals surface area (Å²) in [5, 5.41) is 3.41. The molecule has 0 aromatic heterocycles. The van der Waals surface area contributed by atoms with Crippen LogP contribution in [0.15, 0.2) is 0 Å². The van der Waals surface area contributed by atoms with Crippen LogP contribution in [0.2, 0.25) is 0 Å². The van der Waals surface area contributed by atoms with Crippen molar-refractivity contribution in [2.24, 2.45) is 0 Å². The largest absolute Gasteiger partial charge is 0.317 e. The van der Waals surface area contributed by atoms with Crippen molar-refractivity contribution in [1.82, 2.24) is 5.32 Å². The van der Waals surface area contributed by atoms with Crippen LogP contribution in [0.1, 0.15) is 39.5 Å². The van der Waals surface area contributed by atoms with Gasteiger partial charge < -0.3 is 5.32 Å². The van der Waals surface area contributed by atoms with Crippen LogP contribution in [0.25, 0.3) is 0 Å². The molecule has 2 heteroatoms. The monoisotopic (exact) mass is 189 g/mol. The van der Waals surface area contributed by atoms with Gasteiger partial charge in [-0.2, -0.15) is 11.8 Å². The molecule has 1 N–H and O–H groups in total. The molecular weight excluding hydrogens is 166 g/mol. The normalized spacial score (nSPS) is 10.5. The van der Waals surface area contributed by atoms with Gasteiger partial charge in [-0.1, -0.05) is 20.3 Å². The molecule has 0 saturated heterocycles. The minimum atomic E-state index is 1.18. The van der Waals surface area contributed by atoms with Crippen molar-refractivity contribution >= 4 is 11.8 Å². The minimum absolute atomic E-state index is 1.18. The van der Waals surface area contributed by atoms with Crippen molar-refractivity contribution in [3.63, 3.8) is 0 Å². The lowest BCUT2D eigenvalue weighted by Crippen LogP contribution is -2.16. The summed E-state index contributed by atoms with van der Waals surface area (Å²) in [7, 11) is 0. The predicted octanol–water partition coefficient (Wildman–Crippen LogP) is 2.91. The summed E-state index contributed by atoms with van der Waals surface area (Å²) < 4.78 is 0. The van der Waals surface area contributed by atoms with Gasteiger partial charge in [0.05, 0.1) is 0 Å². The Bertz CT molecular complexity index is 66.2. The molecule has 0 aliphatic carbocycles. The van der Waals surface area contributed by atoms with Crippen LogP contribution in [0, 0.1) is 0 Å². The van der Waals surface area contributed by atoms with Crippen LogP contribution >= 0.6 is 11.8 Å². The summed E-state index contributed by atoms with van der Waals surface area (Å²) in [5.41, 5.74) is 0. The Kier molecular flexibility index (Phi) is 11.6. The highest BCUT2D eigenvalue weighted by Crippen LogP contribution is 2.05. The zero-order valence-corrected chi connectivity index (χ0v) is 9.38. The van der Waals surface area contributed by atoms with E-state index in [9.17, 15) is 0 Å². The van der Waals surface area contributed by atoms with Gasteiger partial charge in [-0.25, -0.2) is 0 Å². The van der Waals surface area contributed by atoms with Crippen LogP contribution in [0.5, 0.6) is 0 Å². The maximum absolute atomic E-state index is 3.41. The zero-order chi connectivity index (χ0) is 9.07. The van der Waals surface area contributed by atoms with Gasteiger partial charge in [0.25, 0.3) is 0 Å². The fourth-order valence-electron chi connectivity index (χ4n) is 0.949. The van der Waals surface area contributed by atoms with Gasteiger partial charge in [-0.15, -0.1) is 0 Å². The van der Waals surface area contributed by atoms with Crippen molar-refractivity contribution in [1.29, 1.82) is 0 Å². The molecule has 1 nitrogen and oxygen atoms in total. The summed E-state index contributed by atoms with van der Waals surface area (Å²) in [6.07, 6.45) is 5.30. The third kappa shape index (κ3) is 10.3. The number of hydrogen-bond acceptors (Lipinski definition) is 2. The van der Waals surface area contributed by atoms with E-state index in [1.54, 1.807) is 0 Å². The van der Waals surface area contributed by atoms with Gasteiger partial charge >= 0.3 is 0 Å². The fourth-order valence-corrected chi connectivity index (χ4v) is 1.99. The third-order valence-electron chi connectivity index (χ3n) is 1.71. The lowest BCUT2D eigenvalue weighted by Gasteiger charge is -2.02. The quantitative estimate of drug-likeness (QED) is 0.560. The van der Waals surface area contributed by atoms with E-state index in [1.807, 2.05) is 0 Å². The first-order valence-corrected chi connectivity index (χ1v) is 6.35. The van der Waals surface area contributed by atoms with Gasteiger partial charge in [0, 0.05) is 0 Å². The summed E-state index contributed by atoms with van der Waals surface area (Å²) in [6.45, 7) is 6.85. The Morgan fingerprint density at radius 3 is 2.33 bits per heavy atom. The summed E-state index contributed by atoms with van der Waals surface area (Å²) in [6, 6.07) is 0. The van der Waals surface area contributed by atoms with E-state index in [1.165, 1.54) is 50.3 Å². The lowest BCUT2D eigenvalue weighted by molar-refractivity contribution is 0.664. The second kappa shape index (κ2) is 11.3. The first-order chi connectivity index (χ1) is 5.91. The van der Waals surface area contributed by atoms with Crippen LogP contribution in [0.4, 0.5) is 0 Å². The van der Waals surface area contributed by atoms with Gasteiger partial charge in [0.1, 0.15) is 0 Å². The van der Waals surface area contributed by atoms with E-state index in [2.05, 4.69) is 30.9 Å². The van der Waals surface area contributed by atoms with E-state index in [0.29, 0.717) is 0 Å². The molecule has 74 valence electrons. The number of nitrogens with one attached hydrogen (secondary N) is 1. The number of thioether (sulfide) groups is 1. The smallest absolute Gasteiger partial charge is 0.00411 e. The number of rotatable bonds is 9. The Morgan fingerprint density at radius 1 is 0.917 bits per heavy atom. The van der Waals surface area contributed by atoms with Crippen molar-refractivity contribution in [3.8, 4) is 0 Å². The number of hydrogen-bond donors (Lipinski definition) is 1. The van der Waals surface area contributed by atoms with Crippen molar-refractivity contribution in [2.75, 3.05) is 24.6 Å². The molecular formula is C10H23NS. The first-order valence-electron chi connectivity index (χ1n) is 5.20. The molecule has 0 radical (unpaired) electrons. The van der Waals surface area contributed by atoms with Crippen LogP contribution in [-0.2, 0) is 0 Å². The maximum atomic E-state index is 3.41. The van der Waals surface area contributed by atoms with Crippen LogP contribution in [-0.4, -0.2) is 24.6 Å². The molecule has 0 rings (SSSR count). The maximum Gasteiger partial charge on any atom is -0.00411 e. The second-order valence-corrected chi connectivity index (χ2v) is 4.29. The van der Waals surface area contributed by atoms with Crippen molar-refractivity contribution in [3.05, 3.63) is 0 Å². The third-order valence-corrected chi connectivity index (χ3v) is 2.87. The van der Waals surface area contributed by atoms with Crippen molar-refractivity contribution in [2.45, 2.75) is 39.5 Å². The standard InChI is InChI=1S/C10H23NS/c1-3-5-9-12-10-6-8-11-7-4-2/h11H,3-10H2,1-2H3. The van der Waals surface area contributed by atoms with Gasteiger partial charge in [-0.3, -0.25) is 0 Å². The molecule has 0 aromatic rings. The Labute approximate surface area is 81.7 Å².